The molecule has 0 amide bonds. The molecule has 92 valence electrons. The van der Waals surface area contributed by atoms with Crippen molar-refractivity contribution in [1.29, 1.82) is 0 Å². The molecule has 2 aromatic rings. The van der Waals surface area contributed by atoms with Gasteiger partial charge in [0.25, 0.3) is 0 Å². The second kappa shape index (κ2) is 4.71. The van der Waals surface area contributed by atoms with Crippen molar-refractivity contribution in [2.45, 2.75) is 33.4 Å². The van der Waals surface area contributed by atoms with Crippen LogP contribution >= 0.6 is 0 Å². The third kappa shape index (κ3) is 2.55. The molecule has 17 heavy (non-hydrogen) atoms. The summed E-state index contributed by atoms with van der Waals surface area (Å²) in [6, 6.07) is 2.33. The van der Waals surface area contributed by atoms with E-state index in [4.69, 9.17) is 4.42 Å². The molecule has 0 aliphatic rings. The maximum atomic E-state index is 5.53. The normalized spacial score (nSPS) is 12.9. The van der Waals surface area contributed by atoms with Gasteiger partial charge < -0.3 is 9.73 Å². The van der Waals surface area contributed by atoms with Gasteiger partial charge in [-0.3, -0.25) is 4.68 Å². The van der Waals surface area contributed by atoms with Crippen LogP contribution in [-0.2, 0) is 13.6 Å². The van der Waals surface area contributed by atoms with Crippen LogP contribution in [0.3, 0.4) is 0 Å². The molecule has 5 heteroatoms. The molecular formula is C12H18N4O. The Bertz CT molecular complexity index is 500. The van der Waals surface area contributed by atoms with Crippen molar-refractivity contribution in [2.24, 2.45) is 7.05 Å². The first kappa shape index (κ1) is 11.9. The summed E-state index contributed by atoms with van der Waals surface area (Å²) in [4.78, 5) is 0. The molecule has 0 saturated heterocycles. The third-order valence-corrected chi connectivity index (χ3v) is 2.94. The zero-order valence-electron chi connectivity index (χ0n) is 10.7. The van der Waals surface area contributed by atoms with Crippen LogP contribution in [0.5, 0.6) is 0 Å². The van der Waals surface area contributed by atoms with E-state index in [2.05, 4.69) is 28.6 Å². The average Bonchev–Trinajstić information content (AvgIpc) is 2.81. The predicted octanol–water partition coefficient (Wildman–Crippen LogP) is 1.88. The van der Waals surface area contributed by atoms with Gasteiger partial charge in [0, 0.05) is 25.2 Å². The van der Waals surface area contributed by atoms with E-state index in [-0.39, 0.29) is 6.04 Å². The lowest BCUT2D eigenvalue weighted by atomic mass is 10.1. The Labute approximate surface area is 101 Å². The molecule has 0 fully saturated rings. The molecule has 1 N–H and O–H groups in total. The van der Waals surface area contributed by atoms with Crippen LogP contribution in [0.1, 0.15) is 35.7 Å². The molecule has 0 radical (unpaired) electrons. The summed E-state index contributed by atoms with van der Waals surface area (Å²) in [5.74, 6) is 1.93. The van der Waals surface area contributed by atoms with E-state index < -0.39 is 0 Å². The molecule has 0 aliphatic heterocycles. The summed E-state index contributed by atoms with van der Waals surface area (Å²) >= 11 is 0. The van der Waals surface area contributed by atoms with Gasteiger partial charge in [-0.25, -0.2) is 0 Å². The summed E-state index contributed by atoms with van der Waals surface area (Å²) in [6.07, 6.45) is 1.77. The first-order valence-corrected chi connectivity index (χ1v) is 5.72. The Balaban J connectivity index is 2.00. The zero-order chi connectivity index (χ0) is 12.4. The fraction of sp³-hybridized carbons (Fsp3) is 0.500. The molecule has 2 aromatic heterocycles. The SMILES string of the molecule is Cc1cc(C(C)NCc2cnnn2C)c(C)o1. The van der Waals surface area contributed by atoms with E-state index in [0.29, 0.717) is 0 Å². The number of furan rings is 1. The van der Waals surface area contributed by atoms with Gasteiger partial charge in [-0.05, 0) is 26.8 Å². The lowest BCUT2D eigenvalue weighted by Gasteiger charge is -2.12. The van der Waals surface area contributed by atoms with E-state index in [1.165, 1.54) is 5.56 Å². The highest BCUT2D eigenvalue weighted by atomic mass is 16.3. The minimum atomic E-state index is 0.252. The summed E-state index contributed by atoms with van der Waals surface area (Å²) in [6.45, 7) is 6.83. The van der Waals surface area contributed by atoms with Gasteiger partial charge in [0.1, 0.15) is 11.5 Å². The highest BCUT2D eigenvalue weighted by Gasteiger charge is 2.12. The molecule has 2 heterocycles. The Kier molecular flexibility index (Phi) is 3.28. The zero-order valence-corrected chi connectivity index (χ0v) is 10.7. The molecule has 1 unspecified atom stereocenters. The van der Waals surface area contributed by atoms with Gasteiger partial charge in [-0.2, -0.15) is 0 Å². The maximum Gasteiger partial charge on any atom is 0.105 e. The molecular weight excluding hydrogens is 216 g/mol. The second-order valence-electron chi connectivity index (χ2n) is 4.32. The molecule has 0 bridgehead atoms. The van der Waals surface area contributed by atoms with Gasteiger partial charge >= 0.3 is 0 Å². The summed E-state index contributed by atoms with van der Waals surface area (Å²) in [5.41, 5.74) is 2.27. The third-order valence-electron chi connectivity index (χ3n) is 2.94. The Morgan fingerprint density at radius 1 is 1.47 bits per heavy atom. The van der Waals surface area contributed by atoms with Crippen LogP contribution in [0, 0.1) is 13.8 Å². The molecule has 0 saturated carbocycles. The molecule has 1 atom stereocenters. The average molecular weight is 234 g/mol. The lowest BCUT2D eigenvalue weighted by molar-refractivity contribution is 0.487. The van der Waals surface area contributed by atoms with Gasteiger partial charge in [0.05, 0.1) is 11.9 Å². The first-order chi connectivity index (χ1) is 8.08. The van der Waals surface area contributed by atoms with E-state index in [9.17, 15) is 0 Å². The fourth-order valence-electron chi connectivity index (χ4n) is 1.92. The monoisotopic (exact) mass is 234 g/mol. The van der Waals surface area contributed by atoms with Crippen molar-refractivity contribution < 1.29 is 4.42 Å². The van der Waals surface area contributed by atoms with Gasteiger partial charge in [-0.1, -0.05) is 5.21 Å². The van der Waals surface area contributed by atoms with Crippen LogP contribution in [0.25, 0.3) is 0 Å². The van der Waals surface area contributed by atoms with Crippen molar-refractivity contribution >= 4 is 0 Å². The smallest absolute Gasteiger partial charge is 0.105 e. The van der Waals surface area contributed by atoms with Gasteiger partial charge in [-0.15, -0.1) is 5.10 Å². The van der Waals surface area contributed by atoms with Gasteiger partial charge in [0.15, 0.2) is 0 Å². The van der Waals surface area contributed by atoms with Crippen LogP contribution < -0.4 is 5.32 Å². The number of hydrogen-bond acceptors (Lipinski definition) is 4. The predicted molar refractivity (Wildman–Crippen MR) is 64.4 cm³/mol. The number of aromatic nitrogens is 3. The number of aryl methyl sites for hydroxylation is 3. The van der Waals surface area contributed by atoms with E-state index in [1.807, 2.05) is 20.9 Å². The number of nitrogens with zero attached hydrogens (tertiary/aromatic N) is 3. The summed E-state index contributed by atoms with van der Waals surface area (Å²) < 4.78 is 7.30. The quantitative estimate of drug-likeness (QED) is 0.877. The van der Waals surface area contributed by atoms with E-state index in [1.54, 1.807) is 10.9 Å². The minimum absolute atomic E-state index is 0.252. The fourth-order valence-corrected chi connectivity index (χ4v) is 1.92. The highest BCUT2D eigenvalue weighted by Crippen LogP contribution is 2.21. The second-order valence-corrected chi connectivity index (χ2v) is 4.32. The number of rotatable bonds is 4. The molecule has 0 aromatic carbocycles. The Morgan fingerprint density at radius 3 is 2.76 bits per heavy atom. The van der Waals surface area contributed by atoms with E-state index in [0.717, 1.165) is 23.8 Å². The number of nitrogens with one attached hydrogen (secondary N) is 1. The molecule has 2 rings (SSSR count). The van der Waals surface area contributed by atoms with Crippen molar-refractivity contribution in [3.63, 3.8) is 0 Å². The number of hydrogen-bond donors (Lipinski definition) is 1. The highest BCUT2D eigenvalue weighted by molar-refractivity contribution is 5.23. The first-order valence-electron chi connectivity index (χ1n) is 5.72. The molecule has 0 spiro atoms. The summed E-state index contributed by atoms with van der Waals surface area (Å²) in [7, 11) is 1.89. The Morgan fingerprint density at radius 2 is 2.24 bits per heavy atom. The van der Waals surface area contributed by atoms with Crippen molar-refractivity contribution in [3.8, 4) is 0 Å². The lowest BCUT2D eigenvalue weighted by Crippen LogP contribution is -2.19. The summed E-state index contributed by atoms with van der Waals surface area (Å²) in [5, 5.41) is 11.2. The standard InChI is InChI=1S/C12H18N4O/c1-8-5-12(10(3)17-8)9(2)13-6-11-7-14-15-16(11)4/h5,7,9,13H,6H2,1-4H3. The van der Waals surface area contributed by atoms with Crippen LogP contribution in [-0.4, -0.2) is 15.0 Å². The van der Waals surface area contributed by atoms with E-state index >= 15 is 0 Å². The molecule has 0 aliphatic carbocycles. The molecule has 5 nitrogen and oxygen atoms in total. The van der Waals surface area contributed by atoms with Crippen molar-refractivity contribution in [3.05, 3.63) is 35.0 Å². The van der Waals surface area contributed by atoms with Crippen molar-refractivity contribution in [1.82, 2.24) is 20.3 Å². The minimum Gasteiger partial charge on any atom is -0.466 e. The Hall–Kier alpha value is -1.62. The maximum absolute atomic E-state index is 5.53. The van der Waals surface area contributed by atoms with Crippen LogP contribution in [0.2, 0.25) is 0 Å². The topological polar surface area (TPSA) is 55.9 Å². The van der Waals surface area contributed by atoms with Crippen LogP contribution in [0.15, 0.2) is 16.7 Å². The van der Waals surface area contributed by atoms with Gasteiger partial charge in [0.2, 0.25) is 0 Å². The largest absolute Gasteiger partial charge is 0.466 e. The van der Waals surface area contributed by atoms with Crippen LogP contribution in [0.4, 0.5) is 0 Å². The van der Waals surface area contributed by atoms with Crippen molar-refractivity contribution in [2.75, 3.05) is 0 Å².